The molecule has 1 aromatic rings. The van der Waals surface area contributed by atoms with Gasteiger partial charge in [0, 0.05) is 6.54 Å². The van der Waals surface area contributed by atoms with E-state index in [9.17, 15) is 13.6 Å². The van der Waals surface area contributed by atoms with Gasteiger partial charge < -0.3 is 10.1 Å². The zero-order valence-electron chi connectivity index (χ0n) is 10.2. The Morgan fingerprint density at radius 3 is 2.63 bits per heavy atom. The van der Waals surface area contributed by atoms with E-state index in [0.29, 0.717) is 5.56 Å². The number of amides is 1. The highest BCUT2D eigenvalue weighted by molar-refractivity contribution is 5.78. The Morgan fingerprint density at radius 2 is 2.05 bits per heavy atom. The van der Waals surface area contributed by atoms with Gasteiger partial charge in [0.2, 0.25) is 5.91 Å². The number of ether oxygens (including phenoxy) is 1. The molecule has 0 aliphatic rings. The fraction of sp³-hybridized carbons (Fsp3) is 0.385. The summed E-state index contributed by atoms with van der Waals surface area (Å²) in [7, 11) is 0. The minimum atomic E-state index is -2.49. The van der Waals surface area contributed by atoms with E-state index in [1.54, 1.807) is 24.3 Å². The fourth-order valence-electron chi connectivity index (χ4n) is 1.38. The predicted octanol–water partition coefficient (Wildman–Crippen LogP) is 1.50. The second-order valence-corrected chi connectivity index (χ2v) is 3.80. The summed E-state index contributed by atoms with van der Waals surface area (Å²) in [6, 6.07) is 8.65. The maximum absolute atomic E-state index is 11.7. The van der Waals surface area contributed by atoms with Gasteiger partial charge in [-0.05, 0) is 17.7 Å². The Bertz CT molecular complexity index is 441. The molecule has 0 spiro atoms. The average Bonchev–Trinajstić information content (AvgIpc) is 2.39. The third-order valence-electron chi connectivity index (χ3n) is 2.26. The molecule has 4 nitrogen and oxygen atoms in total. The Kier molecular flexibility index (Phi) is 6.47. The van der Waals surface area contributed by atoms with E-state index in [1.165, 1.54) is 0 Å². The molecule has 1 aromatic carbocycles. The first kappa shape index (κ1) is 15.1. The van der Waals surface area contributed by atoms with Crippen LogP contribution in [0.5, 0.6) is 0 Å². The van der Waals surface area contributed by atoms with Crippen LogP contribution < -0.4 is 5.32 Å². The van der Waals surface area contributed by atoms with Crippen LogP contribution in [0.3, 0.4) is 0 Å². The summed E-state index contributed by atoms with van der Waals surface area (Å²) in [4.78, 5) is 11.5. The number of alkyl halides is 2. The molecular weight excluding hydrogens is 254 g/mol. The van der Waals surface area contributed by atoms with Crippen molar-refractivity contribution < 1.29 is 18.3 Å². The molecule has 0 radical (unpaired) electrons. The summed E-state index contributed by atoms with van der Waals surface area (Å²) in [6.07, 6.45) is -2.31. The largest absolute Gasteiger partial charge is 0.374 e. The van der Waals surface area contributed by atoms with Crippen LogP contribution in [0.2, 0.25) is 0 Å². The van der Waals surface area contributed by atoms with Crippen molar-refractivity contribution in [3.63, 3.8) is 0 Å². The maximum Gasteiger partial charge on any atom is 0.261 e. The molecule has 19 heavy (non-hydrogen) atoms. The summed E-state index contributed by atoms with van der Waals surface area (Å²) >= 11 is 0. The average molecular weight is 268 g/mol. The van der Waals surface area contributed by atoms with Crippen LogP contribution in [0.15, 0.2) is 24.3 Å². The Hall–Kier alpha value is -2.00. The molecule has 0 aliphatic carbocycles. The SMILES string of the molecule is N#Cc1ccc(CC(=O)NCCOCC(F)F)cc1. The normalized spacial score (nSPS) is 10.2. The Balaban J connectivity index is 2.22. The molecule has 1 rings (SSSR count). The first-order valence-electron chi connectivity index (χ1n) is 5.73. The van der Waals surface area contributed by atoms with Crippen LogP contribution in [0.1, 0.15) is 11.1 Å². The molecule has 0 unspecified atom stereocenters. The van der Waals surface area contributed by atoms with Gasteiger partial charge in [-0.1, -0.05) is 12.1 Å². The van der Waals surface area contributed by atoms with Crippen molar-refractivity contribution in [1.82, 2.24) is 5.32 Å². The number of nitriles is 1. The van der Waals surface area contributed by atoms with Crippen LogP contribution in [-0.2, 0) is 16.0 Å². The first-order chi connectivity index (χ1) is 9.11. The van der Waals surface area contributed by atoms with Gasteiger partial charge in [-0.15, -0.1) is 0 Å². The molecule has 0 bridgehead atoms. The molecule has 102 valence electrons. The van der Waals surface area contributed by atoms with E-state index in [-0.39, 0.29) is 25.5 Å². The minimum Gasteiger partial charge on any atom is -0.374 e. The van der Waals surface area contributed by atoms with Gasteiger partial charge in [0.05, 0.1) is 24.7 Å². The lowest BCUT2D eigenvalue weighted by Crippen LogP contribution is -2.29. The van der Waals surface area contributed by atoms with Gasteiger partial charge in [-0.3, -0.25) is 4.79 Å². The third kappa shape index (κ3) is 6.48. The first-order valence-corrected chi connectivity index (χ1v) is 5.73. The predicted molar refractivity (Wildman–Crippen MR) is 64.7 cm³/mol. The van der Waals surface area contributed by atoms with E-state index in [1.807, 2.05) is 6.07 Å². The topological polar surface area (TPSA) is 62.1 Å². The zero-order chi connectivity index (χ0) is 14.1. The monoisotopic (exact) mass is 268 g/mol. The molecular formula is C13H14F2N2O2. The zero-order valence-corrected chi connectivity index (χ0v) is 10.2. The van der Waals surface area contributed by atoms with Crippen molar-refractivity contribution >= 4 is 5.91 Å². The lowest BCUT2D eigenvalue weighted by molar-refractivity contribution is -0.120. The highest BCUT2D eigenvalue weighted by atomic mass is 19.3. The van der Waals surface area contributed by atoms with E-state index in [4.69, 9.17) is 5.26 Å². The van der Waals surface area contributed by atoms with Gasteiger partial charge >= 0.3 is 0 Å². The van der Waals surface area contributed by atoms with Gasteiger partial charge in [0.1, 0.15) is 6.61 Å². The molecule has 0 aliphatic heterocycles. The number of hydrogen-bond acceptors (Lipinski definition) is 3. The number of halogens is 2. The summed E-state index contributed by atoms with van der Waals surface area (Å²) in [5, 5.41) is 11.2. The lowest BCUT2D eigenvalue weighted by atomic mass is 10.1. The number of benzene rings is 1. The van der Waals surface area contributed by atoms with E-state index < -0.39 is 13.0 Å². The summed E-state index contributed by atoms with van der Waals surface area (Å²) in [6.45, 7) is -0.364. The van der Waals surface area contributed by atoms with Crippen LogP contribution >= 0.6 is 0 Å². The molecule has 0 fully saturated rings. The van der Waals surface area contributed by atoms with Crippen molar-refractivity contribution in [2.75, 3.05) is 19.8 Å². The smallest absolute Gasteiger partial charge is 0.261 e. The number of nitrogens with one attached hydrogen (secondary N) is 1. The standard InChI is InChI=1S/C13H14F2N2O2/c14-12(15)9-19-6-5-17-13(18)7-10-1-3-11(8-16)4-2-10/h1-4,12H,5-7,9H2,(H,17,18). The molecule has 0 saturated heterocycles. The van der Waals surface area contributed by atoms with Gasteiger partial charge in [0.15, 0.2) is 0 Å². The van der Waals surface area contributed by atoms with Crippen molar-refractivity contribution in [3.8, 4) is 6.07 Å². The molecule has 1 N–H and O–H groups in total. The van der Waals surface area contributed by atoms with Gasteiger partial charge in [-0.2, -0.15) is 5.26 Å². The van der Waals surface area contributed by atoms with E-state index in [2.05, 4.69) is 10.1 Å². The highest BCUT2D eigenvalue weighted by Crippen LogP contribution is 2.03. The Labute approximate surface area is 110 Å². The number of carbonyl (C=O) groups is 1. The maximum atomic E-state index is 11.7. The molecule has 6 heteroatoms. The second-order valence-electron chi connectivity index (χ2n) is 3.80. The summed E-state index contributed by atoms with van der Waals surface area (Å²) in [5.74, 6) is -0.217. The van der Waals surface area contributed by atoms with Crippen LogP contribution in [0, 0.1) is 11.3 Å². The van der Waals surface area contributed by atoms with Crippen LogP contribution in [0.4, 0.5) is 8.78 Å². The molecule has 1 amide bonds. The molecule has 0 saturated carbocycles. The number of nitrogens with zero attached hydrogens (tertiary/aromatic N) is 1. The van der Waals surface area contributed by atoms with E-state index >= 15 is 0 Å². The summed E-state index contributed by atoms with van der Waals surface area (Å²) in [5.41, 5.74) is 1.31. The molecule has 0 heterocycles. The Morgan fingerprint density at radius 1 is 1.37 bits per heavy atom. The second kappa shape index (κ2) is 8.16. The van der Waals surface area contributed by atoms with Crippen molar-refractivity contribution in [2.45, 2.75) is 12.8 Å². The molecule has 0 atom stereocenters. The fourth-order valence-corrected chi connectivity index (χ4v) is 1.38. The van der Waals surface area contributed by atoms with E-state index in [0.717, 1.165) is 5.56 Å². The van der Waals surface area contributed by atoms with Crippen LogP contribution in [-0.4, -0.2) is 32.1 Å². The lowest BCUT2D eigenvalue weighted by Gasteiger charge is -2.06. The number of hydrogen-bond donors (Lipinski definition) is 1. The third-order valence-corrected chi connectivity index (χ3v) is 2.26. The number of carbonyl (C=O) groups excluding carboxylic acids is 1. The van der Waals surface area contributed by atoms with Gasteiger partial charge in [-0.25, -0.2) is 8.78 Å². The number of rotatable bonds is 7. The van der Waals surface area contributed by atoms with Crippen LogP contribution in [0.25, 0.3) is 0 Å². The van der Waals surface area contributed by atoms with Crippen molar-refractivity contribution in [3.05, 3.63) is 35.4 Å². The molecule has 0 aromatic heterocycles. The van der Waals surface area contributed by atoms with Gasteiger partial charge in [0.25, 0.3) is 6.43 Å². The van der Waals surface area contributed by atoms with Crippen molar-refractivity contribution in [1.29, 1.82) is 5.26 Å². The minimum absolute atomic E-state index is 0.0590. The quantitative estimate of drug-likeness (QED) is 0.762. The highest BCUT2D eigenvalue weighted by Gasteiger charge is 2.04. The van der Waals surface area contributed by atoms with Crippen molar-refractivity contribution in [2.24, 2.45) is 0 Å². The summed E-state index contributed by atoms with van der Waals surface area (Å²) < 4.78 is 28.1.